The van der Waals surface area contributed by atoms with Gasteiger partial charge in [-0.1, -0.05) is 0 Å². The number of cyclic esters (lactones) is 1. The third-order valence-corrected chi connectivity index (χ3v) is 3.06. The number of hydrogen-bond acceptors (Lipinski definition) is 5. The van der Waals surface area contributed by atoms with Crippen molar-refractivity contribution in [3.63, 3.8) is 0 Å². The molecule has 1 aromatic heterocycles. The van der Waals surface area contributed by atoms with Gasteiger partial charge >= 0.3 is 5.97 Å². The molecular formula is C9H12N2O2S. The van der Waals surface area contributed by atoms with Crippen molar-refractivity contribution >= 4 is 17.3 Å². The first kappa shape index (κ1) is 9.61. The van der Waals surface area contributed by atoms with Crippen LogP contribution in [0.15, 0.2) is 10.9 Å². The Morgan fingerprint density at radius 3 is 3.21 bits per heavy atom. The molecule has 0 spiro atoms. The normalized spacial score (nSPS) is 26.5. The highest BCUT2D eigenvalue weighted by Gasteiger charge is 2.39. The van der Waals surface area contributed by atoms with Gasteiger partial charge in [-0.25, -0.2) is 4.98 Å². The average molecular weight is 212 g/mol. The van der Waals surface area contributed by atoms with Crippen LogP contribution in [0.1, 0.15) is 19.0 Å². The number of nitrogens with one attached hydrogen (secondary N) is 1. The fourth-order valence-corrected chi connectivity index (χ4v) is 1.94. The zero-order valence-corrected chi connectivity index (χ0v) is 8.76. The fourth-order valence-electron chi connectivity index (χ4n) is 1.38. The Labute approximate surface area is 86.3 Å². The summed E-state index contributed by atoms with van der Waals surface area (Å²) in [6.45, 7) is 3.00. The highest BCUT2D eigenvalue weighted by molar-refractivity contribution is 7.07. The second-order valence-electron chi connectivity index (χ2n) is 3.55. The lowest BCUT2D eigenvalue weighted by atomic mass is 10.0. The summed E-state index contributed by atoms with van der Waals surface area (Å²) in [4.78, 5) is 15.5. The molecule has 1 aliphatic heterocycles. The number of aromatic nitrogens is 1. The number of carbonyl (C=O) groups is 1. The van der Waals surface area contributed by atoms with Crippen LogP contribution in [0.25, 0.3) is 0 Å². The maximum absolute atomic E-state index is 11.4. The Morgan fingerprint density at radius 2 is 2.64 bits per heavy atom. The molecule has 0 radical (unpaired) electrons. The summed E-state index contributed by atoms with van der Waals surface area (Å²) in [7, 11) is 0. The molecule has 76 valence electrons. The number of rotatable bonds is 3. The van der Waals surface area contributed by atoms with Gasteiger partial charge in [0.25, 0.3) is 0 Å². The van der Waals surface area contributed by atoms with Gasteiger partial charge in [-0.05, 0) is 6.92 Å². The summed E-state index contributed by atoms with van der Waals surface area (Å²) < 4.78 is 4.92. The molecule has 0 amide bonds. The first-order chi connectivity index (χ1) is 6.71. The van der Waals surface area contributed by atoms with Gasteiger partial charge in [-0.15, -0.1) is 11.3 Å². The second kappa shape index (κ2) is 3.67. The third-order valence-electron chi connectivity index (χ3n) is 2.43. The summed E-state index contributed by atoms with van der Waals surface area (Å²) in [5.74, 6) is -0.160. The maximum atomic E-state index is 11.4. The lowest BCUT2D eigenvalue weighted by molar-refractivity contribution is -0.143. The first-order valence-electron chi connectivity index (χ1n) is 4.50. The highest BCUT2D eigenvalue weighted by Crippen LogP contribution is 2.19. The Kier molecular flexibility index (Phi) is 2.52. The molecule has 5 heteroatoms. The van der Waals surface area contributed by atoms with Gasteiger partial charge in [-0.2, -0.15) is 0 Å². The van der Waals surface area contributed by atoms with Crippen LogP contribution in [0.2, 0.25) is 0 Å². The van der Waals surface area contributed by atoms with Crippen molar-refractivity contribution in [2.75, 3.05) is 6.61 Å². The van der Waals surface area contributed by atoms with Crippen molar-refractivity contribution < 1.29 is 9.53 Å². The van der Waals surface area contributed by atoms with Gasteiger partial charge in [0.2, 0.25) is 0 Å². The van der Waals surface area contributed by atoms with E-state index in [1.807, 2.05) is 12.3 Å². The summed E-state index contributed by atoms with van der Waals surface area (Å²) in [5.41, 5.74) is 2.23. The highest BCUT2D eigenvalue weighted by atomic mass is 32.1. The molecule has 0 aromatic carbocycles. The van der Waals surface area contributed by atoms with Crippen LogP contribution < -0.4 is 5.32 Å². The van der Waals surface area contributed by atoms with E-state index in [1.54, 1.807) is 16.8 Å². The van der Waals surface area contributed by atoms with E-state index < -0.39 is 5.54 Å². The third kappa shape index (κ3) is 1.78. The van der Waals surface area contributed by atoms with Gasteiger partial charge in [0, 0.05) is 18.3 Å². The Morgan fingerprint density at radius 1 is 1.79 bits per heavy atom. The van der Waals surface area contributed by atoms with E-state index in [2.05, 4.69) is 10.3 Å². The van der Waals surface area contributed by atoms with Crippen LogP contribution in [-0.4, -0.2) is 23.1 Å². The number of nitrogens with zero attached hydrogens (tertiary/aromatic N) is 1. The lowest BCUT2D eigenvalue weighted by Gasteiger charge is -2.19. The molecule has 4 nitrogen and oxygen atoms in total. The Bertz CT molecular complexity index is 326. The zero-order valence-electron chi connectivity index (χ0n) is 7.95. The molecule has 0 saturated carbocycles. The molecule has 1 N–H and O–H groups in total. The van der Waals surface area contributed by atoms with E-state index in [-0.39, 0.29) is 5.97 Å². The molecular weight excluding hydrogens is 200 g/mol. The monoisotopic (exact) mass is 212 g/mol. The second-order valence-corrected chi connectivity index (χ2v) is 4.27. The maximum Gasteiger partial charge on any atom is 0.326 e. The predicted octanol–water partition coefficient (Wildman–Crippen LogP) is 0.938. The van der Waals surface area contributed by atoms with Crippen molar-refractivity contribution in [1.29, 1.82) is 0 Å². The Hall–Kier alpha value is -0.940. The molecule has 1 unspecified atom stereocenters. The van der Waals surface area contributed by atoms with Gasteiger partial charge in [-0.3, -0.25) is 10.1 Å². The SMILES string of the molecule is CC1(NCc2cscn2)CCOC1=O. The van der Waals surface area contributed by atoms with Crippen molar-refractivity contribution in [3.05, 3.63) is 16.6 Å². The van der Waals surface area contributed by atoms with Crippen molar-refractivity contribution in [1.82, 2.24) is 10.3 Å². The number of esters is 1. The fraction of sp³-hybridized carbons (Fsp3) is 0.556. The van der Waals surface area contributed by atoms with Crippen molar-refractivity contribution in [2.45, 2.75) is 25.4 Å². The van der Waals surface area contributed by atoms with Crippen molar-refractivity contribution in [3.8, 4) is 0 Å². The number of carbonyl (C=O) groups excluding carboxylic acids is 1. The lowest BCUT2D eigenvalue weighted by Crippen LogP contribution is -2.45. The smallest absolute Gasteiger partial charge is 0.326 e. The van der Waals surface area contributed by atoms with E-state index in [4.69, 9.17) is 4.74 Å². The van der Waals surface area contributed by atoms with E-state index in [1.165, 1.54) is 0 Å². The Balaban J connectivity index is 1.94. The minimum absolute atomic E-state index is 0.160. The standard InChI is InChI=1S/C9H12N2O2S/c1-9(2-3-13-8(9)12)11-4-7-5-14-6-10-7/h5-6,11H,2-4H2,1H3. The quantitative estimate of drug-likeness (QED) is 0.757. The van der Waals surface area contributed by atoms with Gasteiger partial charge in [0.1, 0.15) is 5.54 Å². The molecule has 1 aromatic rings. The van der Waals surface area contributed by atoms with E-state index in [0.29, 0.717) is 13.2 Å². The molecule has 1 fully saturated rings. The van der Waals surface area contributed by atoms with E-state index >= 15 is 0 Å². The van der Waals surface area contributed by atoms with Gasteiger partial charge in [0.15, 0.2) is 0 Å². The van der Waals surface area contributed by atoms with E-state index in [0.717, 1.165) is 12.1 Å². The van der Waals surface area contributed by atoms with E-state index in [9.17, 15) is 4.79 Å². The van der Waals surface area contributed by atoms with Crippen LogP contribution in [0.5, 0.6) is 0 Å². The molecule has 2 heterocycles. The molecule has 0 aliphatic carbocycles. The molecule has 1 atom stereocenters. The minimum Gasteiger partial charge on any atom is -0.464 e. The molecule has 0 bridgehead atoms. The first-order valence-corrected chi connectivity index (χ1v) is 5.44. The topological polar surface area (TPSA) is 51.2 Å². The zero-order chi connectivity index (χ0) is 10.0. The number of hydrogen-bond donors (Lipinski definition) is 1. The summed E-state index contributed by atoms with van der Waals surface area (Å²) in [5, 5.41) is 5.15. The molecule has 1 saturated heterocycles. The minimum atomic E-state index is -0.524. The van der Waals surface area contributed by atoms with Crippen LogP contribution >= 0.6 is 11.3 Å². The number of ether oxygens (including phenoxy) is 1. The predicted molar refractivity (Wildman–Crippen MR) is 52.9 cm³/mol. The summed E-state index contributed by atoms with van der Waals surface area (Å²) >= 11 is 1.55. The molecule has 14 heavy (non-hydrogen) atoms. The van der Waals surface area contributed by atoms with Crippen molar-refractivity contribution in [2.24, 2.45) is 0 Å². The largest absolute Gasteiger partial charge is 0.464 e. The van der Waals surface area contributed by atoms with Gasteiger partial charge in [0.05, 0.1) is 17.8 Å². The molecule has 1 aliphatic rings. The molecule has 2 rings (SSSR count). The van der Waals surface area contributed by atoms with Crippen LogP contribution in [0.4, 0.5) is 0 Å². The van der Waals surface area contributed by atoms with Crippen LogP contribution in [0, 0.1) is 0 Å². The van der Waals surface area contributed by atoms with Gasteiger partial charge < -0.3 is 4.74 Å². The van der Waals surface area contributed by atoms with Crippen LogP contribution in [-0.2, 0) is 16.1 Å². The number of thiazole rings is 1. The summed E-state index contributed by atoms with van der Waals surface area (Å²) in [6, 6.07) is 0. The summed E-state index contributed by atoms with van der Waals surface area (Å²) in [6.07, 6.45) is 0.732. The van der Waals surface area contributed by atoms with Crippen LogP contribution in [0.3, 0.4) is 0 Å². The average Bonchev–Trinajstić information content (AvgIpc) is 2.75.